The van der Waals surface area contributed by atoms with Crippen molar-refractivity contribution in [1.82, 2.24) is 4.98 Å². The van der Waals surface area contributed by atoms with Crippen molar-refractivity contribution in [3.05, 3.63) is 59.8 Å². The molecule has 0 unspecified atom stereocenters. The Kier molecular flexibility index (Phi) is 4.08. The second-order valence-corrected chi connectivity index (χ2v) is 6.24. The van der Waals surface area contributed by atoms with Gasteiger partial charge in [-0.1, -0.05) is 18.2 Å². The van der Waals surface area contributed by atoms with E-state index in [1.54, 1.807) is 30.3 Å². The van der Waals surface area contributed by atoms with Gasteiger partial charge in [-0.2, -0.15) is 0 Å². The quantitative estimate of drug-likeness (QED) is 0.712. The molecule has 1 aliphatic rings. The van der Waals surface area contributed by atoms with Gasteiger partial charge in [-0.15, -0.1) is 0 Å². The number of amides is 1. The highest BCUT2D eigenvalue weighted by molar-refractivity contribution is 6.31. The number of hydrogen-bond acceptors (Lipinski definition) is 5. The molecular weight excluding hydrogens is 342 g/mol. The molecule has 1 aromatic heterocycles. The molecule has 27 heavy (non-hydrogen) atoms. The first-order valence-corrected chi connectivity index (χ1v) is 8.46. The summed E-state index contributed by atoms with van der Waals surface area (Å²) in [5, 5.41) is 12.9. The van der Waals surface area contributed by atoms with Crippen molar-refractivity contribution in [1.29, 1.82) is 0 Å². The predicted molar refractivity (Wildman–Crippen MR) is 105 cm³/mol. The van der Waals surface area contributed by atoms with Crippen molar-refractivity contribution >= 4 is 34.6 Å². The minimum absolute atomic E-state index is 0.140. The largest absolute Gasteiger partial charge is 0.479 e. The number of aromatic hydroxyl groups is 1. The van der Waals surface area contributed by atoms with Crippen LogP contribution >= 0.6 is 0 Å². The first-order chi connectivity index (χ1) is 13.0. The minimum atomic E-state index is -0.249. The number of oxazole rings is 1. The molecule has 0 spiro atoms. The van der Waals surface area contributed by atoms with Gasteiger partial charge in [0.05, 0.1) is 5.69 Å². The van der Waals surface area contributed by atoms with Crippen LogP contribution in [0.25, 0.3) is 23.1 Å². The molecule has 4 rings (SSSR count). The Hall–Kier alpha value is -3.67. The number of carbonyl (C=O) groups is 1. The number of fused-ring (bicyclic) bond motifs is 1. The van der Waals surface area contributed by atoms with E-state index in [1.165, 1.54) is 6.92 Å². The van der Waals surface area contributed by atoms with Gasteiger partial charge < -0.3 is 14.8 Å². The lowest BCUT2D eigenvalue weighted by Gasteiger charge is -2.01. The lowest BCUT2D eigenvalue weighted by Crippen LogP contribution is -2.05. The van der Waals surface area contributed by atoms with Gasteiger partial charge in [-0.3, -0.25) is 9.79 Å². The number of allylic oxidation sites excluding steroid dienone is 1. The third kappa shape index (κ3) is 3.25. The van der Waals surface area contributed by atoms with Gasteiger partial charge in [0.2, 0.25) is 11.8 Å². The smallest absolute Gasteiger partial charge is 0.310 e. The van der Waals surface area contributed by atoms with Crippen LogP contribution in [-0.4, -0.2) is 21.7 Å². The van der Waals surface area contributed by atoms with Crippen molar-refractivity contribution in [2.75, 3.05) is 5.32 Å². The lowest BCUT2D eigenvalue weighted by atomic mass is 10.0. The van der Waals surface area contributed by atoms with E-state index in [0.29, 0.717) is 22.8 Å². The number of aromatic nitrogens is 1. The Morgan fingerprint density at radius 1 is 1.15 bits per heavy atom. The van der Waals surface area contributed by atoms with Crippen LogP contribution < -0.4 is 5.32 Å². The number of carbonyl (C=O) groups excluding carboxylic acids is 1. The first-order valence-electron chi connectivity index (χ1n) is 8.46. The highest BCUT2D eigenvalue weighted by Crippen LogP contribution is 2.37. The average Bonchev–Trinajstić information content (AvgIpc) is 3.16. The summed E-state index contributed by atoms with van der Waals surface area (Å²) in [7, 11) is 0. The van der Waals surface area contributed by atoms with E-state index < -0.39 is 0 Å². The summed E-state index contributed by atoms with van der Waals surface area (Å²) < 4.78 is 5.43. The normalized spacial score (nSPS) is 14.1. The maximum Gasteiger partial charge on any atom is 0.310 e. The molecule has 0 bridgehead atoms. The number of para-hydroxylation sites is 1. The number of nitrogens with zero attached hydrogens (tertiary/aromatic N) is 2. The first kappa shape index (κ1) is 16.8. The lowest BCUT2D eigenvalue weighted by molar-refractivity contribution is -0.114. The van der Waals surface area contributed by atoms with Crippen LogP contribution in [0.15, 0.2) is 57.9 Å². The molecule has 0 radical (unpaired) electrons. The average molecular weight is 359 g/mol. The summed E-state index contributed by atoms with van der Waals surface area (Å²) in [6.07, 6.45) is 1.78. The van der Waals surface area contributed by atoms with E-state index in [9.17, 15) is 9.90 Å². The fourth-order valence-electron chi connectivity index (χ4n) is 2.99. The number of hydrogen-bond donors (Lipinski definition) is 2. The molecule has 0 saturated carbocycles. The van der Waals surface area contributed by atoms with E-state index in [0.717, 1.165) is 22.5 Å². The molecule has 2 N–H and O–H groups in total. The number of aliphatic imine (C=N–C) groups is 1. The standard InChI is InChI=1S/C21H17N3O3/c1-12-17(16-5-3-4-6-18(16)22-12)11-19-21(26)27-20(24-19)14-7-9-15(10-8-14)23-13(2)25/h3-11,26H,1-2H3,(H,23,25). The van der Waals surface area contributed by atoms with Crippen LogP contribution in [0.3, 0.4) is 0 Å². The van der Waals surface area contributed by atoms with Crippen LogP contribution in [0, 0.1) is 0 Å². The monoisotopic (exact) mass is 359 g/mol. The van der Waals surface area contributed by atoms with E-state index in [4.69, 9.17) is 4.42 Å². The molecule has 0 atom stereocenters. The van der Waals surface area contributed by atoms with Crippen molar-refractivity contribution in [2.24, 2.45) is 4.99 Å². The minimum Gasteiger partial charge on any atom is -0.479 e. The molecule has 0 aliphatic carbocycles. The molecule has 0 saturated heterocycles. The number of nitrogens with one attached hydrogen (secondary N) is 1. The van der Waals surface area contributed by atoms with Gasteiger partial charge in [0.1, 0.15) is 5.69 Å². The summed E-state index contributed by atoms with van der Waals surface area (Å²) in [6.45, 7) is 3.37. The van der Waals surface area contributed by atoms with Crippen molar-refractivity contribution in [3.8, 4) is 17.4 Å². The number of benzene rings is 2. The molecule has 1 amide bonds. The van der Waals surface area contributed by atoms with Crippen LogP contribution in [0.4, 0.5) is 11.4 Å². The molecule has 3 aromatic rings. The maximum atomic E-state index is 11.1. The second-order valence-electron chi connectivity index (χ2n) is 6.24. The predicted octanol–water partition coefficient (Wildman–Crippen LogP) is 4.65. The second kappa shape index (κ2) is 6.57. The van der Waals surface area contributed by atoms with Crippen LogP contribution in [-0.2, 0) is 4.79 Å². The van der Waals surface area contributed by atoms with Crippen molar-refractivity contribution in [3.63, 3.8) is 0 Å². The zero-order chi connectivity index (χ0) is 19.0. The fraction of sp³-hybridized carbons (Fsp3) is 0.0952. The molecule has 1 aliphatic heterocycles. The Balaban J connectivity index is 1.67. The van der Waals surface area contributed by atoms with E-state index in [1.807, 2.05) is 31.2 Å². The maximum absolute atomic E-state index is 11.1. The summed E-state index contributed by atoms with van der Waals surface area (Å²) in [5.74, 6) is -0.0884. The van der Waals surface area contributed by atoms with Crippen LogP contribution in [0.5, 0.6) is 5.95 Å². The van der Waals surface area contributed by atoms with Gasteiger partial charge >= 0.3 is 5.95 Å². The summed E-state index contributed by atoms with van der Waals surface area (Å²) in [5.41, 5.74) is 5.38. The van der Waals surface area contributed by atoms with Crippen LogP contribution in [0.2, 0.25) is 0 Å². The number of anilines is 1. The Labute approximate surface area is 155 Å². The third-order valence-corrected chi connectivity index (χ3v) is 4.24. The van der Waals surface area contributed by atoms with Gasteiger partial charge in [0.25, 0.3) is 0 Å². The van der Waals surface area contributed by atoms with E-state index >= 15 is 0 Å². The van der Waals surface area contributed by atoms with Crippen molar-refractivity contribution in [2.45, 2.75) is 13.8 Å². The molecule has 2 heterocycles. The number of rotatable bonds is 3. The Morgan fingerprint density at radius 3 is 2.63 bits per heavy atom. The highest BCUT2D eigenvalue weighted by atomic mass is 16.5. The SMILES string of the molecule is CC(=O)Nc1ccc(-c2nc(C=C3C(C)=Nc4ccccc43)c(O)o2)cc1. The third-order valence-electron chi connectivity index (χ3n) is 4.24. The zero-order valence-corrected chi connectivity index (χ0v) is 14.9. The molecule has 6 nitrogen and oxygen atoms in total. The topological polar surface area (TPSA) is 87.7 Å². The van der Waals surface area contributed by atoms with E-state index in [-0.39, 0.29) is 11.9 Å². The van der Waals surface area contributed by atoms with Gasteiger partial charge in [-0.25, -0.2) is 4.98 Å². The van der Waals surface area contributed by atoms with Gasteiger partial charge in [0, 0.05) is 35.0 Å². The van der Waals surface area contributed by atoms with Gasteiger partial charge in [0.15, 0.2) is 0 Å². The van der Waals surface area contributed by atoms with E-state index in [2.05, 4.69) is 15.3 Å². The Morgan fingerprint density at radius 2 is 1.89 bits per heavy atom. The Bertz CT molecular complexity index is 1090. The molecule has 2 aromatic carbocycles. The molecular formula is C21H17N3O3. The zero-order valence-electron chi connectivity index (χ0n) is 14.9. The summed E-state index contributed by atoms with van der Waals surface area (Å²) >= 11 is 0. The van der Waals surface area contributed by atoms with Crippen molar-refractivity contribution < 1.29 is 14.3 Å². The molecule has 134 valence electrons. The molecule has 0 fully saturated rings. The molecule has 6 heteroatoms. The van der Waals surface area contributed by atoms with Crippen LogP contribution in [0.1, 0.15) is 25.1 Å². The fourth-order valence-corrected chi connectivity index (χ4v) is 2.99. The highest BCUT2D eigenvalue weighted by Gasteiger charge is 2.20. The van der Waals surface area contributed by atoms with Gasteiger partial charge in [-0.05, 0) is 43.3 Å². The summed E-state index contributed by atoms with van der Waals surface area (Å²) in [6, 6.07) is 14.9. The summed E-state index contributed by atoms with van der Waals surface area (Å²) in [4.78, 5) is 20.0.